The molecule has 2 aromatic rings. The highest BCUT2D eigenvalue weighted by Gasteiger charge is 2.16. The molecule has 0 unspecified atom stereocenters. The molecule has 3 rings (SSSR count). The zero-order chi connectivity index (χ0) is 13.8. The van der Waals surface area contributed by atoms with Crippen LogP contribution in [0.4, 0.5) is 11.4 Å². The number of rotatable bonds is 4. The van der Waals surface area contributed by atoms with Gasteiger partial charge in [0.2, 0.25) is 0 Å². The Balaban J connectivity index is 1.80. The van der Waals surface area contributed by atoms with Crippen LogP contribution in [-0.4, -0.2) is 13.1 Å². The molecule has 0 aliphatic carbocycles. The number of anilines is 2. The second-order valence-electron chi connectivity index (χ2n) is 5.18. The topological polar surface area (TPSA) is 6.48 Å². The average molecular weight is 287 g/mol. The van der Waals surface area contributed by atoms with Crippen LogP contribution in [0.15, 0.2) is 54.6 Å². The first-order chi connectivity index (χ1) is 9.84. The summed E-state index contributed by atoms with van der Waals surface area (Å²) in [5, 5.41) is 0. The minimum atomic E-state index is 0.720. The van der Waals surface area contributed by atoms with E-state index in [1.54, 1.807) is 4.42 Å². The first-order valence-corrected chi connectivity index (χ1v) is 7.49. The van der Waals surface area contributed by atoms with Gasteiger partial charge >= 0.3 is 0 Å². The van der Waals surface area contributed by atoms with Crippen LogP contribution in [0.2, 0.25) is 0 Å². The standard InChI is InChI=1S/C17H19ClN2/c18-20(16-9-2-1-3-10-16)14-15-8-4-5-11-17(15)19-12-6-7-13-19/h1-5,8-11H,6-7,12-14H2. The molecule has 1 fully saturated rings. The summed E-state index contributed by atoms with van der Waals surface area (Å²) in [6, 6.07) is 18.7. The smallest absolute Gasteiger partial charge is 0.0620 e. The van der Waals surface area contributed by atoms with Crippen molar-refractivity contribution in [2.24, 2.45) is 0 Å². The molecule has 0 bridgehead atoms. The van der Waals surface area contributed by atoms with Gasteiger partial charge in [0, 0.05) is 30.6 Å². The lowest BCUT2D eigenvalue weighted by Crippen LogP contribution is -2.21. The molecule has 0 radical (unpaired) electrons. The van der Waals surface area contributed by atoms with E-state index in [1.807, 2.05) is 30.3 Å². The summed E-state index contributed by atoms with van der Waals surface area (Å²) in [6.07, 6.45) is 2.58. The second-order valence-corrected chi connectivity index (χ2v) is 5.59. The van der Waals surface area contributed by atoms with E-state index in [9.17, 15) is 0 Å². The zero-order valence-electron chi connectivity index (χ0n) is 11.5. The van der Waals surface area contributed by atoms with Gasteiger partial charge in [0.15, 0.2) is 0 Å². The van der Waals surface area contributed by atoms with Gasteiger partial charge in [-0.3, -0.25) is 4.42 Å². The van der Waals surface area contributed by atoms with Crippen molar-refractivity contribution in [3.05, 3.63) is 60.2 Å². The molecular formula is C17H19ClN2. The Morgan fingerprint density at radius 1 is 0.900 bits per heavy atom. The van der Waals surface area contributed by atoms with E-state index in [0.717, 1.165) is 25.3 Å². The fraction of sp³-hybridized carbons (Fsp3) is 0.294. The third-order valence-corrected chi connectivity index (χ3v) is 4.10. The summed E-state index contributed by atoms with van der Waals surface area (Å²) in [4.78, 5) is 2.46. The molecule has 1 heterocycles. The molecule has 3 heteroatoms. The molecule has 104 valence electrons. The molecule has 0 N–H and O–H groups in total. The van der Waals surface area contributed by atoms with Crippen molar-refractivity contribution in [3.63, 3.8) is 0 Å². The Hall–Kier alpha value is -1.67. The molecule has 2 nitrogen and oxygen atoms in total. The largest absolute Gasteiger partial charge is 0.371 e. The third kappa shape index (κ3) is 2.91. The lowest BCUT2D eigenvalue weighted by molar-refractivity contribution is 0.938. The molecule has 20 heavy (non-hydrogen) atoms. The fourth-order valence-electron chi connectivity index (χ4n) is 2.74. The van der Waals surface area contributed by atoms with Gasteiger partial charge < -0.3 is 4.90 Å². The number of halogens is 1. The maximum Gasteiger partial charge on any atom is 0.0620 e. The minimum absolute atomic E-state index is 0.720. The van der Waals surface area contributed by atoms with Crippen LogP contribution in [0.5, 0.6) is 0 Å². The van der Waals surface area contributed by atoms with Crippen molar-refractivity contribution in [1.29, 1.82) is 0 Å². The van der Waals surface area contributed by atoms with E-state index in [2.05, 4.69) is 29.2 Å². The number of nitrogens with zero attached hydrogens (tertiary/aromatic N) is 2. The van der Waals surface area contributed by atoms with Crippen molar-refractivity contribution < 1.29 is 0 Å². The van der Waals surface area contributed by atoms with E-state index in [0.29, 0.717) is 0 Å². The molecule has 1 aliphatic rings. The van der Waals surface area contributed by atoms with Crippen molar-refractivity contribution in [2.45, 2.75) is 19.4 Å². The van der Waals surface area contributed by atoms with Gasteiger partial charge in [-0.1, -0.05) is 36.4 Å². The van der Waals surface area contributed by atoms with E-state index >= 15 is 0 Å². The van der Waals surface area contributed by atoms with Crippen molar-refractivity contribution in [1.82, 2.24) is 0 Å². The van der Waals surface area contributed by atoms with E-state index in [-0.39, 0.29) is 0 Å². The predicted molar refractivity (Wildman–Crippen MR) is 86.4 cm³/mol. The summed E-state index contributed by atoms with van der Waals surface area (Å²) in [5.41, 5.74) is 3.64. The molecule has 2 aromatic carbocycles. The Morgan fingerprint density at radius 3 is 2.30 bits per heavy atom. The number of hydrogen-bond donors (Lipinski definition) is 0. The van der Waals surface area contributed by atoms with Gasteiger partial charge in [-0.05, 0) is 36.6 Å². The van der Waals surface area contributed by atoms with Gasteiger partial charge in [0.1, 0.15) is 0 Å². The van der Waals surface area contributed by atoms with Crippen LogP contribution in [0.1, 0.15) is 18.4 Å². The number of para-hydroxylation sites is 2. The van der Waals surface area contributed by atoms with Crippen LogP contribution < -0.4 is 9.32 Å². The summed E-state index contributed by atoms with van der Waals surface area (Å²) in [5.74, 6) is 0. The van der Waals surface area contributed by atoms with Crippen LogP contribution in [-0.2, 0) is 6.54 Å². The Morgan fingerprint density at radius 2 is 1.55 bits per heavy atom. The molecule has 0 aromatic heterocycles. The lowest BCUT2D eigenvalue weighted by atomic mass is 10.1. The average Bonchev–Trinajstić information content (AvgIpc) is 3.03. The van der Waals surface area contributed by atoms with E-state index in [1.165, 1.54) is 24.1 Å². The maximum atomic E-state index is 6.43. The van der Waals surface area contributed by atoms with E-state index in [4.69, 9.17) is 11.8 Å². The van der Waals surface area contributed by atoms with Crippen LogP contribution >= 0.6 is 11.8 Å². The first-order valence-electron chi connectivity index (χ1n) is 7.16. The number of hydrogen-bond acceptors (Lipinski definition) is 2. The molecule has 0 atom stereocenters. The minimum Gasteiger partial charge on any atom is -0.371 e. The highest BCUT2D eigenvalue weighted by atomic mass is 35.5. The summed E-state index contributed by atoms with van der Waals surface area (Å²) in [6.45, 7) is 3.04. The van der Waals surface area contributed by atoms with Crippen molar-refractivity contribution >= 4 is 23.2 Å². The monoisotopic (exact) mass is 286 g/mol. The molecule has 0 saturated carbocycles. The van der Waals surface area contributed by atoms with Crippen molar-refractivity contribution in [3.8, 4) is 0 Å². The van der Waals surface area contributed by atoms with Gasteiger partial charge in [0.25, 0.3) is 0 Å². The SMILES string of the molecule is ClN(Cc1ccccc1N1CCCC1)c1ccccc1. The first kappa shape index (κ1) is 13.3. The Bertz CT molecular complexity index is 550. The Kier molecular flexibility index (Phi) is 4.12. The molecule has 0 amide bonds. The van der Waals surface area contributed by atoms with Crippen molar-refractivity contribution in [2.75, 3.05) is 22.4 Å². The maximum absolute atomic E-state index is 6.43. The van der Waals surface area contributed by atoms with Gasteiger partial charge in [-0.15, -0.1) is 0 Å². The van der Waals surface area contributed by atoms with Crippen LogP contribution in [0, 0.1) is 0 Å². The number of benzene rings is 2. The molecule has 1 aliphatic heterocycles. The zero-order valence-corrected chi connectivity index (χ0v) is 12.3. The summed E-state index contributed by atoms with van der Waals surface area (Å²) >= 11 is 6.43. The molecule has 0 spiro atoms. The van der Waals surface area contributed by atoms with Crippen LogP contribution in [0.3, 0.4) is 0 Å². The normalized spacial score (nSPS) is 14.6. The quantitative estimate of drug-likeness (QED) is 0.766. The fourth-order valence-corrected chi connectivity index (χ4v) is 2.98. The van der Waals surface area contributed by atoms with Gasteiger partial charge in [-0.25, -0.2) is 0 Å². The second kappa shape index (κ2) is 6.19. The summed E-state index contributed by atoms with van der Waals surface area (Å²) in [7, 11) is 0. The molecule has 1 saturated heterocycles. The molecular weight excluding hydrogens is 268 g/mol. The van der Waals surface area contributed by atoms with Gasteiger partial charge in [0.05, 0.1) is 12.2 Å². The van der Waals surface area contributed by atoms with Gasteiger partial charge in [-0.2, -0.15) is 0 Å². The predicted octanol–water partition coefficient (Wildman–Crippen LogP) is 4.45. The lowest BCUT2D eigenvalue weighted by Gasteiger charge is -2.24. The highest BCUT2D eigenvalue weighted by molar-refractivity contribution is 6.25. The highest BCUT2D eigenvalue weighted by Crippen LogP contribution is 2.27. The van der Waals surface area contributed by atoms with E-state index < -0.39 is 0 Å². The Labute approximate surface area is 125 Å². The third-order valence-electron chi connectivity index (χ3n) is 3.78. The summed E-state index contributed by atoms with van der Waals surface area (Å²) < 4.78 is 1.79. The van der Waals surface area contributed by atoms with Crippen LogP contribution in [0.25, 0.3) is 0 Å².